The summed E-state index contributed by atoms with van der Waals surface area (Å²) in [5.74, 6) is 0.574. The Morgan fingerprint density at radius 3 is 1.94 bits per heavy atom. The number of pyridine rings is 2. The lowest BCUT2D eigenvalue weighted by Gasteiger charge is -2.50. The van der Waals surface area contributed by atoms with Crippen LogP contribution in [0.1, 0.15) is 50.8 Å². The highest BCUT2D eigenvalue weighted by Crippen LogP contribution is 2.57. The molecular formula is C30H30N2O4. The molecule has 0 aliphatic carbocycles. The highest BCUT2D eigenvalue weighted by molar-refractivity contribution is 5.89. The molecule has 3 atom stereocenters. The summed E-state index contributed by atoms with van der Waals surface area (Å²) in [6.07, 6.45) is 1.56. The first-order valence-corrected chi connectivity index (χ1v) is 12.4. The van der Waals surface area contributed by atoms with E-state index in [4.69, 9.17) is 9.47 Å². The normalized spacial score (nSPS) is 21.7. The van der Waals surface area contributed by atoms with Gasteiger partial charge in [-0.05, 0) is 52.0 Å². The molecule has 2 aromatic carbocycles. The number of allylic oxidation sites excluding steroid dienone is 2. The second-order valence-electron chi connectivity index (χ2n) is 10.8. The highest BCUT2D eigenvalue weighted by atomic mass is 16.5. The first kappa shape index (κ1) is 22.7. The van der Waals surface area contributed by atoms with E-state index in [0.29, 0.717) is 22.6 Å². The lowest BCUT2D eigenvalue weighted by molar-refractivity contribution is -0.0595. The number of rotatable bonds is 1. The summed E-state index contributed by atoms with van der Waals surface area (Å²) in [5, 5.41) is 1.74. The summed E-state index contributed by atoms with van der Waals surface area (Å²) < 4.78 is 16.9. The predicted octanol–water partition coefficient (Wildman–Crippen LogP) is 5.36. The summed E-state index contributed by atoms with van der Waals surface area (Å²) >= 11 is 0. The zero-order chi connectivity index (χ0) is 25.5. The van der Waals surface area contributed by atoms with Crippen molar-refractivity contribution in [2.24, 2.45) is 20.0 Å². The lowest BCUT2D eigenvalue weighted by Crippen LogP contribution is -2.53. The maximum atomic E-state index is 13.8. The Labute approximate surface area is 209 Å². The second kappa shape index (κ2) is 7.60. The molecule has 6 rings (SSSR count). The smallest absolute Gasteiger partial charge is 0.261 e. The third-order valence-electron chi connectivity index (χ3n) is 7.84. The Bertz CT molecular complexity index is 1720. The zero-order valence-corrected chi connectivity index (χ0v) is 21.5. The van der Waals surface area contributed by atoms with Gasteiger partial charge in [0.25, 0.3) is 11.1 Å². The van der Waals surface area contributed by atoms with Crippen molar-refractivity contribution >= 4 is 21.8 Å². The van der Waals surface area contributed by atoms with E-state index in [1.165, 1.54) is 0 Å². The highest BCUT2D eigenvalue weighted by Gasteiger charge is 2.54. The molecule has 0 bridgehead atoms. The van der Waals surface area contributed by atoms with Gasteiger partial charge in [0.1, 0.15) is 28.8 Å². The SMILES string of the molecule is CC(C)=C[C@H]1c2c(c3ccccc3n(C)c2=O)O[C@@H]2c3c(c4ccccc4n(C)c3=O)OC(C)(C)[C@@H]21. The Morgan fingerprint density at radius 2 is 1.36 bits per heavy atom. The van der Waals surface area contributed by atoms with Crippen LogP contribution in [0.2, 0.25) is 0 Å². The van der Waals surface area contributed by atoms with Crippen LogP contribution >= 0.6 is 0 Å². The zero-order valence-electron chi connectivity index (χ0n) is 21.5. The van der Waals surface area contributed by atoms with Gasteiger partial charge < -0.3 is 18.6 Å². The van der Waals surface area contributed by atoms with Crippen LogP contribution in [0.5, 0.6) is 11.5 Å². The van der Waals surface area contributed by atoms with E-state index < -0.39 is 11.7 Å². The van der Waals surface area contributed by atoms with E-state index in [9.17, 15) is 9.59 Å². The molecule has 0 saturated heterocycles. The maximum Gasteiger partial charge on any atom is 0.261 e. The van der Waals surface area contributed by atoms with Crippen LogP contribution in [-0.4, -0.2) is 14.7 Å². The number of nitrogens with zero attached hydrogens (tertiary/aromatic N) is 2. The number of fused-ring (bicyclic) bond motifs is 8. The molecule has 4 heterocycles. The van der Waals surface area contributed by atoms with Crippen molar-refractivity contribution in [1.29, 1.82) is 0 Å². The fraction of sp³-hybridized carbons (Fsp3) is 0.333. The molecule has 0 N–H and O–H groups in total. The minimum atomic E-state index is -0.711. The van der Waals surface area contributed by atoms with E-state index in [1.807, 2.05) is 76.2 Å². The number of aromatic nitrogens is 2. The molecule has 36 heavy (non-hydrogen) atoms. The average molecular weight is 483 g/mol. The molecule has 0 fully saturated rings. The topological polar surface area (TPSA) is 62.5 Å². The van der Waals surface area contributed by atoms with Gasteiger partial charge in [-0.15, -0.1) is 0 Å². The molecule has 2 aliphatic heterocycles. The summed E-state index contributed by atoms with van der Waals surface area (Å²) in [7, 11) is 3.59. The first-order valence-electron chi connectivity index (χ1n) is 12.4. The monoisotopic (exact) mass is 482 g/mol. The number of ether oxygens (including phenoxy) is 2. The van der Waals surface area contributed by atoms with Crippen molar-refractivity contribution in [2.45, 2.75) is 45.3 Å². The van der Waals surface area contributed by atoms with Crippen molar-refractivity contribution in [3.8, 4) is 11.5 Å². The van der Waals surface area contributed by atoms with Gasteiger partial charge in [-0.2, -0.15) is 0 Å². The first-order chi connectivity index (χ1) is 17.1. The standard InChI is InChI=1S/C30H30N2O4/c1-16(2)15-19-22-25(17-11-7-9-13-20(17)31(5)28(22)33)35-27-23-26(36-30(3,4)24(19)27)18-12-8-10-14-21(18)32(6)29(23)34/h7-15,19,24,27H,1-6H3/t19-,24+,27+/m0/s1. The van der Waals surface area contributed by atoms with Gasteiger partial charge >= 0.3 is 0 Å². The average Bonchev–Trinajstić information content (AvgIpc) is 2.84. The van der Waals surface area contributed by atoms with Gasteiger partial charge in [0.05, 0.1) is 22.5 Å². The summed E-state index contributed by atoms with van der Waals surface area (Å²) in [6.45, 7) is 8.14. The minimum Gasteiger partial charge on any atom is -0.486 e. The number of aryl methyl sites for hydroxylation is 2. The van der Waals surface area contributed by atoms with Crippen molar-refractivity contribution in [1.82, 2.24) is 9.13 Å². The number of hydrogen-bond acceptors (Lipinski definition) is 4. The van der Waals surface area contributed by atoms with Crippen LogP contribution < -0.4 is 20.6 Å². The molecule has 0 radical (unpaired) electrons. The predicted molar refractivity (Wildman–Crippen MR) is 142 cm³/mol. The van der Waals surface area contributed by atoms with E-state index >= 15 is 0 Å². The van der Waals surface area contributed by atoms with Gasteiger partial charge in [0.15, 0.2) is 0 Å². The van der Waals surface area contributed by atoms with Crippen LogP contribution in [0.3, 0.4) is 0 Å². The Kier molecular flexibility index (Phi) is 4.78. The molecule has 6 heteroatoms. The van der Waals surface area contributed by atoms with E-state index in [2.05, 4.69) is 6.08 Å². The lowest BCUT2D eigenvalue weighted by atomic mass is 9.68. The van der Waals surface area contributed by atoms with Crippen molar-refractivity contribution in [3.63, 3.8) is 0 Å². The van der Waals surface area contributed by atoms with Crippen LogP contribution in [0.15, 0.2) is 69.8 Å². The number of benzene rings is 2. The summed E-state index contributed by atoms with van der Waals surface area (Å²) in [6, 6.07) is 15.6. The maximum absolute atomic E-state index is 13.8. The Morgan fingerprint density at radius 1 is 0.833 bits per heavy atom. The van der Waals surface area contributed by atoms with Gasteiger partial charge in [-0.1, -0.05) is 35.9 Å². The van der Waals surface area contributed by atoms with Crippen molar-refractivity contribution in [2.75, 3.05) is 0 Å². The fourth-order valence-corrected chi connectivity index (χ4v) is 6.24. The number of para-hydroxylation sites is 2. The van der Waals surface area contributed by atoms with Crippen molar-refractivity contribution in [3.05, 3.63) is 92.0 Å². The van der Waals surface area contributed by atoms with E-state index in [0.717, 1.165) is 27.4 Å². The quantitative estimate of drug-likeness (QED) is 0.343. The minimum absolute atomic E-state index is 0.0855. The molecule has 6 nitrogen and oxygen atoms in total. The van der Waals surface area contributed by atoms with Crippen LogP contribution in [-0.2, 0) is 14.1 Å². The largest absolute Gasteiger partial charge is 0.486 e. The summed E-state index contributed by atoms with van der Waals surface area (Å²) in [5.41, 5.74) is 2.91. The number of hydrogen-bond donors (Lipinski definition) is 0. The van der Waals surface area contributed by atoms with Crippen LogP contribution in [0.4, 0.5) is 0 Å². The summed E-state index contributed by atoms with van der Waals surface area (Å²) in [4.78, 5) is 27.6. The molecular weight excluding hydrogens is 452 g/mol. The second-order valence-corrected chi connectivity index (χ2v) is 10.8. The molecule has 2 aliphatic rings. The Hall–Kier alpha value is -3.80. The van der Waals surface area contributed by atoms with Gasteiger partial charge in [0.2, 0.25) is 0 Å². The van der Waals surface area contributed by atoms with Gasteiger partial charge in [-0.3, -0.25) is 9.59 Å². The van der Waals surface area contributed by atoms with Crippen LogP contribution in [0.25, 0.3) is 21.8 Å². The van der Waals surface area contributed by atoms with Gasteiger partial charge in [0, 0.05) is 30.8 Å². The fourth-order valence-electron chi connectivity index (χ4n) is 6.24. The van der Waals surface area contributed by atoms with Crippen LogP contribution in [0, 0.1) is 5.92 Å². The van der Waals surface area contributed by atoms with Gasteiger partial charge in [-0.25, -0.2) is 0 Å². The van der Waals surface area contributed by atoms with Crippen molar-refractivity contribution < 1.29 is 9.47 Å². The van der Waals surface area contributed by atoms with E-state index in [1.54, 1.807) is 23.2 Å². The third-order valence-corrected chi connectivity index (χ3v) is 7.84. The molecule has 0 unspecified atom stereocenters. The third kappa shape index (κ3) is 2.96. The van der Waals surface area contributed by atoms with E-state index in [-0.39, 0.29) is 23.0 Å². The molecule has 0 saturated carbocycles. The molecule has 0 spiro atoms. The molecule has 184 valence electrons. The molecule has 2 aromatic heterocycles. The molecule has 4 aromatic rings. The Balaban J connectivity index is 1.75. The molecule has 0 amide bonds.